The Morgan fingerprint density at radius 3 is 2.50 bits per heavy atom. The molecular formula is C14H20BrNO2. The van der Waals surface area contributed by atoms with E-state index in [1.807, 2.05) is 36.2 Å². The van der Waals surface area contributed by atoms with Crippen LogP contribution in [0.15, 0.2) is 28.7 Å². The van der Waals surface area contributed by atoms with E-state index in [2.05, 4.69) is 22.9 Å². The molecule has 1 aromatic rings. The topological polar surface area (TPSA) is 40.5 Å². The highest BCUT2D eigenvalue weighted by atomic mass is 79.9. The number of hydrogen-bond donors (Lipinski definition) is 1. The molecule has 18 heavy (non-hydrogen) atoms. The second-order valence-corrected chi connectivity index (χ2v) is 5.45. The number of halogens is 1. The first-order chi connectivity index (χ1) is 8.54. The van der Waals surface area contributed by atoms with Crippen molar-refractivity contribution in [3.05, 3.63) is 34.3 Å². The van der Waals surface area contributed by atoms with Gasteiger partial charge < -0.3 is 5.11 Å². The fourth-order valence-electron chi connectivity index (χ4n) is 1.92. The zero-order valence-electron chi connectivity index (χ0n) is 10.9. The van der Waals surface area contributed by atoms with E-state index in [4.69, 9.17) is 0 Å². The Labute approximate surface area is 117 Å². The van der Waals surface area contributed by atoms with Gasteiger partial charge in [-0.05, 0) is 31.2 Å². The van der Waals surface area contributed by atoms with Crippen molar-refractivity contribution in [1.29, 1.82) is 0 Å². The largest absolute Gasteiger partial charge is 0.480 e. The minimum atomic E-state index is -0.733. The van der Waals surface area contributed by atoms with Crippen LogP contribution < -0.4 is 0 Å². The molecule has 0 spiro atoms. The first kappa shape index (κ1) is 15.2. The van der Waals surface area contributed by atoms with Crippen molar-refractivity contribution in [2.45, 2.75) is 38.8 Å². The van der Waals surface area contributed by atoms with E-state index in [0.29, 0.717) is 13.0 Å². The quantitative estimate of drug-likeness (QED) is 0.837. The van der Waals surface area contributed by atoms with Crippen LogP contribution in [0.5, 0.6) is 0 Å². The maximum Gasteiger partial charge on any atom is 0.320 e. The van der Waals surface area contributed by atoms with Crippen molar-refractivity contribution in [1.82, 2.24) is 4.90 Å². The molecule has 0 bridgehead atoms. The van der Waals surface area contributed by atoms with Gasteiger partial charge in [-0.25, -0.2) is 0 Å². The molecule has 0 aromatic heterocycles. The number of aliphatic carboxylic acids is 1. The van der Waals surface area contributed by atoms with E-state index >= 15 is 0 Å². The fourth-order valence-corrected chi connectivity index (χ4v) is 2.18. The van der Waals surface area contributed by atoms with E-state index in [-0.39, 0.29) is 0 Å². The van der Waals surface area contributed by atoms with Gasteiger partial charge in [0, 0.05) is 11.0 Å². The Morgan fingerprint density at radius 2 is 2.00 bits per heavy atom. The van der Waals surface area contributed by atoms with E-state index in [1.165, 1.54) is 0 Å². The number of benzene rings is 1. The third-order valence-electron chi connectivity index (χ3n) is 2.99. The lowest BCUT2D eigenvalue weighted by molar-refractivity contribution is -0.143. The Kier molecular flexibility index (Phi) is 6.36. The first-order valence-corrected chi connectivity index (χ1v) is 7.01. The summed E-state index contributed by atoms with van der Waals surface area (Å²) in [4.78, 5) is 13.1. The van der Waals surface area contributed by atoms with Crippen LogP contribution in [-0.2, 0) is 11.3 Å². The first-order valence-electron chi connectivity index (χ1n) is 6.22. The van der Waals surface area contributed by atoms with Crippen molar-refractivity contribution < 1.29 is 9.90 Å². The van der Waals surface area contributed by atoms with Gasteiger partial charge in [-0.2, -0.15) is 0 Å². The maximum atomic E-state index is 11.2. The van der Waals surface area contributed by atoms with Crippen LogP contribution in [0.1, 0.15) is 31.7 Å². The van der Waals surface area contributed by atoms with Crippen molar-refractivity contribution in [3.63, 3.8) is 0 Å². The van der Waals surface area contributed by atoms with Gasteiger partial charge in [-0.1, -0.05) is 47.8 Å². The zero-order valence-corrected chi connectivity index (χ0v) is 12.5. The summed E-state index contributed by atoms with van der Waals surface area (Å²) < 4.78 is 1.04. The minimum Gasteiger partial charge on any atom is -0.480 e. The van der Waals surface area contributed by atoms with Crippen molar-refractivity contribution in [2.24, 2.45) is 0 Å². The van der Waals surface area contributed by atoms with Crippen molar-refractivity contribution in [3.8, 4) is 0 Å². The van der Waals surface area contributed by atoms with Crippen LogP contribution in [0.2, 0.25) is 0 Å². The van der Waals surface area contributed by atoms with Gasteiger partial charge in [0.15, 0.2) is 0 Å². The number of carboxylic acids is 1. The molecule has 1 atom stereocenters. The molecule has 0 saturated carbocycles. The molecule has 0 saturated heterocycles. The Morgan fingerprint density at radius 1 is 1.39 bits per heavy atom. The van der Waals surface area contributed by atoms with Gasteiger partial charge in [0.1, 0.15) is 6.04 Å². The van der Waals surface area contributed by atoms with Crippen molar-refractivity contribution >= 4 is 21.9 Å². The summed E-state index contributed by atoms with van der Waals surface area (Å²) >= 11 is 3.39. The number of hydrogen-bond acceptors (Lipinski definition) is 2. The predicted octanol–water partition coefficient (Wildman–Crippen LogP) is 3.52. The van der Waals surface area contributed by atoms with Crippen LogP contribution in [0.25, 0.3) is 0 Å². The van der Waals surface area contributed by atoms with Gasteiger partial charge in [0.25, 0.3) is 0 Å². The number of carboxylic acid groups (broad SMARTS) is 1. The van der Waals surface area contributed by atoms with E-state index in [1.54, 1.807) is 0 Å². The van der Waals surface area contributed by atoms with E-state index in [0.717, 1.165) is 22.9 Å². The molecular weight excluding hydrogens is 294 g/mol. The Balaban J connectivity index is 2.63. The molecule has 1 N–H and O–H groups in total. The number of unbranched alkanes of at least 4 members (excludes halogenated alkanes) is 1. The summed E-state index contributed by atoms with van der Waals surface area (Å²) in [5.74, 6) is -0.733. The molecule has 4 heteroatoms. The number of likely N-dealkylation sites (N-methyl/N-ethyl adjacent to an activating group) is 1. The minimum absolute atomic E-state index is 0.395. The number of rotatable bonds is 7. The maximum absolute atomic E-state index is 11.2. The molecule has 1 rings (SSSR count). The molecule has 3 nitrogen and oxygen atoms in total. The number of carbonyl (C=O) groups is 1. The summed E-state index contributed by atoms with van der Waals surface area (Å²) in [6.07, 6.45) is 2.68. The standard InChI is InChI=1S/C14H20BrNO2/c1-3-4-5-13(14(17)18)16(2)10-11-6-8-12(15)9-7-11/h6-9,13H,3-5,10H2,1-2H3,(H,17,18). The smallest absolute Gasteiger partial charge is 0.320 e. The lowest BCUT2D eigenvalue weighted by Crippen LogP contribution is -2.37. The molecule has 0 fully saturated rings. The fraction of sp³-hybridized carbons (Fsp3) is 0.500. The van der Waals surface area contributed by atoms with Crippen LogP contribution >= 0.6 is 15.9 Å². The summed E-state index contributed by atoms with van der Waals surface area (Å²) in [5.41, 5.74) is 1.13. The summed E-state index contributed by atoms with van der Waals surface area (Å²) in [5, 5.41) is 9.24. The van der Waals surface area contributed by atoms with Gasteiger partial charge >= 0.3 is 5.97 Å². The molecule has 1 aromatic carbocycles. The van der Waals surface area contributed by atoms with E-state index < -0.39 is 12.0 Å². The summed E-state index contributed by atoms with van der Waals surface area (Å²) in [6.45, 7) is 2.74. The zero-order chi connectivity index (χ0) is 13.5. The number of nitrogens with zero attached hydrogens (tertiary/aromatic N) is 1. The summed E-state index contributed by atoms with van der Waals surface area (Å²) in [7, 11) is 1.87. The SMILES string of the molecule is CCCCC(C(=O)O)N(C)Cc1ccc(Br)cc1. The van der Waals surface area contributed by atoms with Crippen LogP contribution in [-0.4, -0.2) is 29.1 Å². The third kappa shape index (κ3) is 4.78. The predicted molar refractivity (Wildman–Crippen MR) is 76.6 cm³/mol. The van der Waals surface area contributed by atoms with Gasteiger partial charge in [-0.3, -0.25) is 9.69 Å². The molecule has 0 heterocycles. The highest BCUT2D eigenvalue weighted by molar-refractivity contribution is 9.10. The third-order valence-corrected chi connectivity index (χ3v) is 3.52. The van der Waals surface area contributed by atoms with Crippen LogP contribution in [0, 0.1) is 0 Å². The molecule has 0 aliphatic carbocycles. The van der Waals surface area contributed by atoms with Crippen molar-refractivity contribution in [2.75, 3.05) is 7.05 Å². The molecule has 1 unspecified atom stereocenters. The molecule has 0 amide bonds. The Bertz CT molecular complexity index is 378. The summed E-state index contributed by atoms with van der Waals surface area (Å²) in [6, 6.07) is 7.59. The van der Waals surface area contributed by atoms with Gasteiger partial charge in [0.05, 0.1) is 0 Å². The second-order valence-electron chi connectivity index (χ2n) is 4.54. The van der Waals surface area contributed by atoms with Gasteiger partial charge in [0.2, 0.25) is 0 Å². The molecule has 0 aliphatic heterocycles. The highest BCUT2D eigenvalue weighted by Gasteiger charge is 2.21. The average Bonchev–Trinajstić information content (AvgIpc) is 2.32. The highest BCUT2D eigenvalue weighted by Crippen LogP contribution is 2.15. The molecule has 0 radical (unpaired) electrons. The molecule has 0 aliphatic rings. The lowest BCUT2D eigenvalue weighted by atomic mass is 10.1. The second kappa shape index (κ2) is 7.54. The van der Waals surface area contributed by atoms with Crippen LogP contribution in [0.3, 0.4) is 0 Å². The Hall–Kier alpha value is -0.870. The monoisotopic (exact) mass is 313 g/mol. The lowest BCUT2D eigenvalue weighted by Gasteiger charge is -2.24. The van der Waals surface area contributed by atoms with Gasteiger partial charge in [-0.15, -0.1) is 0 Å². The van der Waals surface area contributed by atoms with Crippen LogP contribution in [0.4, 0.5) is 0 Å². The average molecular weight is 314 g/mol. The normalized spacial score (nSPS) is 12.7. The van der Waals surface area contributed by atoms with E-state index in [9.17, 15) is 9.90 Å². The molecule has 100 valence electrons.